The molecule has 72 valence electrons. The van der Waals surface area contributed by atoms with Crippen molar-refractivity contribution in [2.75, 3.05) is 6.54 Å². The van der Waals surface area contributed by atoms with Crippen LogP contribution in [0, 0.1) is 5.92 Å². The molecule has 0 aliphatic rings. The van der Waals surface area contributed by atoms with Crippen molar-refractivity contribution in [3.63, 3.8) is 0 Å². The molecule has 0 radical (unpaired) electrons. The van der Waals surface area contributed by atoms with Gasteiger partial charge >= 0.3 is 5.97 Å². The molecule has 0 aromatic heterocycles. The molecule has 3 nitrogen and oxygen atoms in total. The van der Waals surface area contributed by atoms with Gasteiger partial charge in [-0.1, -0.05) is 26.7 Å². The van der Waals surface area contributed by atoms with Crippen molar-refractivity contribution in [3.8, 4) is 0 Å². The molecular formula is C9H19NO2. The van der Waals surface area contributed by atoms with Gasteiger partial charge in [0.15, 0.2) is 0 Å². The first kappa shape index (κ1) is 11.4. The molecule has 0 saturated carbocycles. The van der Waals surface area contributed by atoms with Gasteiger partial charge in [0.2, 0.25) is 0 Å². The Hall–Kier alpha value is -0.570. The Labute approximate surface area is 74.4 Å². The van der Waals surface area contributed by atoms with Crippen LogP contribution < -0.4 is 5.48 Å². The fourth-order valence-corrected chi connectivity index (χ4v) is 0.872. The first-order valence-corrected chi connectivity index (χ1v) is 4.65. The monoisotopic (exact) mass is 173 g/mol. The zero-order chi connectivity index (χ0) is 9.40. The number of carbonyl (C=O) groups is 1. The summed E-state index contributed by atoms with van der Waals surface area (Å²) in [6.45, 7) is 6.56. The van der Waals surface area contributed by atoms with Crippen LogP contribution in [0.3, 0.4) is 0 Å². The molecule has 1 N–H and O–H groups in total. The molecule has 0 aromatic rings. The summed E-state index contributed by atoms with van der Waals surface area (Å²) in [5, 5.41) is 0. The molecule has 0 amide bonds. The van der Waals surface area contributed by atoms with E-state index in [0.29, 0.717) is 6.54 Å². The lowest BCUT2D eigenvalue weighted by Crippen LogP contribution is -2.24. The fraction of sp³-hybridized carbons (Fsp3) is 0.889. The molecule has 1 unspecified atom stereocenters. The van der Waals surface area contributed by atoms with Gasteiger partial charge in [0.05, 0.1) is 5.92 Å². The molecular weight excluding hydrogens is 154 g/mol. The minimum atomic E-state index is -0.148. The summed E-state index contributed by atoms with van der Waals surface area (Å²) in [6, 6.07) is 0. The molecule has 0 aliphatic heterocycles. The second-order valence-corrected chi connectivity index (χ2v) is 2.96. The summed E-state index contributed by atoms with van der Waals surface area (Å²) in [6.07, 6.45) is 3.13. The quantitative estimate of drug-likeness (QED) is 0.623. The maximum absolute atomic E-state index is 11.1. The maximum Gasteiger partial charge on any atom is 0.327 e. The molecule has 0 heterocycles. The minimum Gasteiger partial charge on any atom is -0.370 e. The Morgan fingerprint density at radius 1 is 1.50 bits per heavy atom. The van der Waals surface area contributed by atoms with Crippen LogP contribution in [0.25, 0.3) is 0 Å². The van der Waals surface area contributed by atoms with E-state index in [2.05, 4.69) is 12.4 Å². The summed E-state index contributed by atoms with van der Waals surface area (Å²) in [7, 11) is 0. The molecule has 0 aromatic carbocycles. The summed E-state index contributed by atoms with van der Waals surface area (Å²) in [5.74, 6) is -0.130. The van der Waals surface area contributed by atoms with Gasteiger partial charge in [-0.05, 0) is 13.3 Å². The number of hydroxylamine groups is 1. The van der Waals surface area contributed by atoms with E-state index in [1.165, 1.54) is 0 Å². The van der Waals surface area contributed by atoms with Crippen molar-refractivity contribution in [1.29, 1.82) is 0 Å². The van der Waals surface area contributed by atoms with Crippen LogP contribution in [0.2, 0.25) is 0 Å². The van der Waals surface area contributed by atoms with Crippen molar-refractivity contribution in [1.82, 2.24) is 5.48 Å². The van der Waals surface area contributed by atoms with Crippen LogP contribution >= 0.6 is 0 Å². The van der Waals surface area contributed by atoms with Gasteiger partial charge in [-0.15, -0.1) is 0 Å². The van der Waals surface area contributed by atoms with Crippen LogP contribution in [0.5, 0.6) is 0 Å². The van der Waals surface area contributed by atoms with Crippen molar-refractivity contribution in [2.24, 2.45) is 5.92 Å². The predicted molar refractivity (Wildman–Crippen MR) is 48.5 cm³/mol. The van der Waals surface area contributed by atoms with Crippen LogP contribution in [-0.4, -0.2) is 12.5 Å². The lowest BCUT2D eigenvalue weighted by Gasteiger charge is -2.09. The maximum atomic E-state index is 11.1. The van der Waals surface area contributed by atoms with Crippen molar-refractivity contribution in [3.05, 3.63) is 0 Å². The zero-order valence-electron chi connectivity index (χ0n) is 8.22. The summed E-state index contributed by atoms with van der Waals surface area (Å²) in [4.78, 5) is 15.9. The number of nitrogens with one attached hydrogen (secondary N) is 1. The number of unbranched alkanes of at least 4 members (excludes halogenated alkanes) is 1. The smallest absolute Gasteiger partial charge is 0.327 e. The SMILES string of the molecule is CCCCC(C)C(=O)ONCC. The van der Waals surface area contributed by atoms with Crippen LogP contribution in [0.15, 0.2) is 0 Å². The Morgan fingerprint density at radius 2 is 2.17 bits per heavy atom. The minimum absolute atomic E-state index is 0.0176. The first-order chi connectivity index (χ1) is 5.72. The van der Waals surface area contributed by atoms with Crippen LogP contribution in [0.4, 0.5) is 0 Å². The molecule has 0 saturated heterocycles. The molecule has 0 fully saturated rings. The molecule has 3 heteroatoms. The van der Waals surface area contributed by atoms with Gasteiger partial charge in [0.25, 0.3) is 0 Å². The highest BCUT2D eigenvalue weighted by Crippen LogP contribution is 2.08. The van der Waals surface area contributed by atoms with Crippen molar-refractivity contribution in [2.45, 2.75) is 40.0 Å². The van der Waals surface area contributed by atoms with E-state index >= 15 is 0 Å². The van der Waals surface area contributed by atoms with Crippen molar-refractivity contribution >= 4 is 5.97 Å². The van der Waals surface area contributed by atoms with E-state index in [1.807, 2.05) is 13.8 Å². The zero-order valence-corrected chi connectivity index (χ0v) is 8.22. The lowest BCUT2D eigenvalue weighted by atomic mass is 10.1. The van der Waals surface area contributed by atoms with E-state index in [0.717, 1.165) is 19.3 Å². The average Bonchev–Trinajstić information content (AvgIpc) is 2.10. The predicted octanol–water partition coefficient (Wildman–Crippen LogP) is 1.88. The lowest BCUT2D eigenvalue weighted by molar-refractivity contribution is -0.155. The van der Waals surface area contributed by atoms with E-state index in [4.69, 9.17) is 4.84 Å². The standard InChI is InChI=1S/C9H19NO2/c1-4-6-7-8(3)9(11)12-10-5-2/h8,10H,4-7H2,1-3H3. The highest BCUT2D eigenvalue weighted by atomic mass is 16.7. The topological polar surface area (TPSA) is 38.3 Å². The Kier molecular flexibility index (Phi) is 6.76. The molecule has 0 bridgehead atoms. The van der Waals surface area contributed by atoms with Crippen LogP contribution in [-0.2, 0) is 9.63 Å². The van der Waals surface area contributed by atoms with E-state index in [-0.39, 0.29) is 11.9 Å². The van der Waals surface area contributed by atoms with Crippen molar-refractivity contribution < 1.29 is 9.63 Å². The summed E-state index contributed by atoms with van der Waals surface area (Å²) in [5.41, 5.74) is 2.56. The third-order valence-electron chi connectivity index (χ3n) is 1.71. The number of hydrogen-bond acceptors (Lipinski definition) is 3. The molecule has 1 atom stereocenters. The van der Waals surface area contributed by atoms with Gasteiger partial charge in [-0.2, -0.15) is 5.48 Å². The molecule has 0 spiro atoms. The van der Waals surface area contributed by atoms with Gasteiger partial charge in [-0.25, -0.2) is 0 Å². The third kappa shape index (κ3) is 5.13. The highest BCUT2D eigenvalue weighted by Gasteiger charge is 2.13. The normalized spacial score (nSPS) is 12.6. The molecule has 0 rings (SSSR count). The van der Waals surface area contributed by atoms with E-state index in [9.17, 15) is 4.79 Å². The fourth-order valence-electron chi connectivity index (χ4n) is 0.872. The Bertz CT molecular complexity index is 126. The second kappa shape index (κ2) is 7.10. The third-order valence-corrected chi connectivity index (χ3v) is 1.71. The van der Waals surface area contributed by atoms with Gasteiger partial charge < -0.3 is 4.84 Å². The van der Waals surface area contributed by atoms with Gasteiger partial charge in [0, 0.05) is 6.54 Å². The number of rotatable bonds is 6. The van der Waals surface area contributed by atoms with E-state index < -0.39 is 0 Å². The van der Waals surface area contributed by atoms with E-state index in [1.54, 1.807) is 0 Å². The Balaban J connectivity index is 3.47. The molecule has 12 heavy (non-hydrogen) atoms. The summed E-state index contributed by atoms with van der Waals surface area (Å²) < 4.78 is 0. The first-order valence-electron chi connectivity index (χ1n) is 4.65. The highest BCUT2D eigenvalue weighted by molar-refractivity contribution is 5.71. The Morgan fingerprint density at radius 3 is 2.67 bits per heavy atom. The number of hydrogen-bond donors (Lipinski definition) is 1. The second-order valence-electron chi connectivity index (χ2n) is 2.96. The average molecular weight is 173 g/mol. The number of carbonyl (C=O) groups excluding carboxylic acids is 1. The largest absolute Gasteiger partial charge is 0.370 e. The van der Waals surface area contributed by atoms with Gasteiger partial charge in [-0.3, -0.25) is 4.79 Å². The summed E-state index contributed by atoms with van der Waals surface area (Å²) >= 11 is 0. The molecule has 0 aliphatic carbocycles. The van der Waals surface area contributed by atoms with Gasteiger partial charge in [0.1, 0.15) is 0 Å². The van der Waals surface area contributed by atoms with Crippen LogP contribution in [0.1, 0.15) is 40.0 Å².